The summed E-state index contributed by atoms with van der Waals surface area (Å²) in [6, 6.07) is 1.93. The number of nitrogens with one attached hydrogen (secondary N) is 2. The van der Waals surface area contributed by atoms with Gasteiger partial charge in [-0.25, -0.2) is 4.98 Å². The lowest BCUT2D eigenvalue weighted by molar-refractivity contribution is 0.965. The highest BCUT2D eigenvalue weighted by Crippen LogP contribution is 2.11. The number of anilines is 1. The maximum absolute atomic E-state index is 4.29. The standard InChI is InChI=1S/C8H11N5S/c1-2-7-11-8(14-13-7)9-5-6-3-4-10-12-6/h3-4H,2,5H2,1H3,(H,10,12)(H,9,11,13). The Kier molecular flexibility index (Phi) is 2.73. The van der Waals surface area contributed by atoms with Crippen LogP contribution in [0.4, 0.5) is 5.13 Å². The molecule has 0 aliphatic carbocycles. The molecule has 5 nitrogen and oxygen atoms in total. The first-order valence-corrected chi connectivity index (χ1v) is 5.20. The van der Waals surface area contributed by atoms with Crippen molar-refractivity contribution in [3.05, 3.63) is 23.8 Å². The molecular formula is C8H11N5S. The zero-order valence-corrected chi connectivity index (χ0v) is 8.64. The average molecular weight is 209 g/mol. The minimum atomic E-state index is 0.707. The maximum atomic E-state index is 4.29. The molecule has 2 heterocycles. The Balaban J connectivity index is 1.92. The second-order valence-electron chi connectivity index (χ2n) is 2.80. The molecule has 0 spiro atoms. The SMILES string of the molecule is CCc1nsc(NCc2ccn[nH]2)n1. The molecule has 74 valence electrons. The minimum Gasteiger partial charge on any atom is -0.355 e. The lowest BCUT2D eigenvalue weighted by Crippen LogP contribution is -1.99. The van der Waals surface area contributed by atoms with Gasteiger partial charge < -0.3 is 5.32 Å². The van der Waals surface area contributed by atoms with E-state index in [9.17, 15) is 0 Å². The molecule has 0 radical (unpaired) electrons. The molecule has 2 aromatic heterocycles. The number of aromatic nitrogens is 4. The summed E-state index contributed by atoms with van der Waals surface area (Å²) in [5, 5.41) is 10.8. The largest absolute Gasteiger partial charge is 0.355 e. The van der Waals surface area contributed by atoms with Gasteiger partial charge in [0.1, 0.15) is 5.82 Å². The summed E-state index contributed by atoms with van der Waals surface area (Å²) in [4.78, 5) is 4.29. The van der Waals surface area contributed by atoms with Gasteiger partial charge in [-0.15, -0.1) is 0 Å². The van der Waals surface area contributed by atoms with Gasteiger partial charge >= 0.3 is 0 Å². The molecule has 14 heavy (non-hydrogen) atoms. The zero-order chi connectivity index (χ0) is 9.80. The Morgan fingerprint density at radius 1 is 1.57 bits per heavy atom. The molecule has 0 bridgehead atoms. The van der Waals surface area contributed by atoms with E-state index in [1.54, 1.807) is 6.20 Å². The Labute approximate surface area is 85.8 Å². The highest BCUT2D eigenvalue weighted by molar-refractivity contribution is 7.09. The molecule has 2 N–H and O–H groups in total. The van der Waals surface area contributed by atoms with Crippen molar-refractivity contribution in [2.75, 3.05) is 5.32 Å². The summed E-state index contributed by atoms with van der Waals surface area (Å²) >= 11 is 1.39. The lowest BCUT2D eigenvalue weighted by atomic mass is 10.4. The Morgan fingerprint density at radius 3 is 3.14 bits per heavy atom. The molecule has 0 atom stereocenters. The van der Waals surface area contributed by atoms with Crippen LogP contribution in [0.3, 0.4) is 0 Å². The zero-order valence-electron chi connectivity index (χ0n) is 7.82. The molecule has 0 saturated heterocycles. The van der Waals surface area contributed by atoms with Crippen LogP contribution in [0.25, 0.3) is 0 Å². The third kappa shape index (κ3) is 2.08. The van der Waals surface area contributed by atoms with Gasteiger partial charge in [-0.1, -0.05) is 6.92 Å². The van der Waals surface area contributed by atoms with Crippen LogP contribution in [0, 0.1) is 0 Å². The first-order valence-electron chi connectivity index (χ1n) is 4.43. The van der Waals surface area contributed by atoms with Gasteiger partial charge in [-0.05, 0) is 6.07 Å². The van der Waals surface area contributed by atoms with Crippen molar-refractivity contribution in [3.63, 3.8) is 0 Å². The van der Waals surface area contributed by atoms with E-state index in [-0.39, 0.29) is 0 Å². The van der Waals surface area contributed by atoms with Gasteiger partial charge in [0.2, 0.25) is 5.13 Å². The lowest BCUT2D eigenvalue weighted by Gasteiger charge is -1.97. The van der Waals surface area contributed by atoms with Crippen LogP contribution in [-0.4, -0.2) is 19.6 Å². The van der Waals surface area contributed by atoms with E-state index in [0.717, 1.165) is 23.1 Å². The minimum absolute atomic E-state index is 0.707. The third-order valence-electron chi connectivity index (χ3n) is 1.77. The van der Waals surface area contributed by atoms with E-state index in [0.29, 0.717) is 6.54 Å². The predicted molar refractivity (Wildman–Crippen MR) is 55.2 cm³/mol. The monoisotopic (exact) mass is 209 g/mol. The van der Waals surface area contributed by atoms with Gasteiger partial charge in [0.25, 0.3) is 0 Å². The fraction of sp³-hybridized carbons (Fsp3) is 0.375. The second kappa shape index (κ2) is 4.19. The van der Waals surface area contributed by atoms with Gasteiger partial charge in [-0.2, -0.15) is 9.47 Å². The maximum Gasteiger partial charge on any atom is 0.202 e. The molecule has 0 aliphatic rings. The number of H-pyrrole nitrogens is 1. The predicted octanol–water partition coefficient (Wildman–Crippen LogP) is 1.44. The smallest absolute Gasteiger partial charge is 0.202 e. The van der Waals surface area contributed by atoms with Crippen LogP contribution in [0.1, 0.15) is 18.4 Å². The molecule has 0 aliphatic heterocycles. The van der Waals surface area contributed by atoms with Crippen molar-refractivity contribution < 1.29 is 0 Å². The molecule has 0 unspecified atom stereocenters. The summed E-state index contributed by atoms with van der Waals surface area (Å²) in [7, 11) is 0. The number of nitrogens with zero attached hydrogens (tertiary/aromatic N) is 3. The van der Waals surface area contributed by atoms with Crippen molar-refractivity contribution in [2.24, 2.45) is 0 Å². The summed E-state index contributed by atoms with van der Waals surface area (Å²) in [6.45, 7) is 2.75. The Hall–Kier alpha value is -1.43. The van der Waals surface area contributed by atoms with Crippen molar-refractivity contribution in [1.82, 2.24) is 19.6 Å². The van der Waals surface area contributed by atoms with E-state index in [1.807, 2.05) is 13.0 Å². The van der Waals surface area contributed by atoms with Crippen molar-refractivity contribution in [3.8, 4) is 0 Å². The molecule has 0 amide bonds. The van der Waals surface area contributed by atoms with Crippen molar-refractivity contribution in [1.29, 1.82) is 0 Å². The van der Waals surface area contributed by atoms with E-state index in [4.69, 9.17) is 0 Å². The first-order chi connectivity index (χ1) is 6.88. The van der Waals surface area contributed by atoms with Crippen molar-refractivity contribution in [2.45, 2.75) is 19.9 Å². The molecule has 6 heteroatoms. The molecule has 0 aromatic carbocycles. The summed E-state index contributed by atoms with van der Waals surface area (Å²) < 4.78 is 4.18. The first kappa shape index (κ1) is 9.14. The number of aryl methyl sites for hydroxylation is 1. The normalized spacial score (nSPS) is 10.4. The van der Waals surface area contributed by atoms with Gasteiger partial charge in [0.05, 0.1) is 12.2 Å². The third-order valence-corrected chi connectivity index (χ3v) is 2.48. The van der Waals surface area contributed by atoms with Crippen LogP contribution in [-0.2, 0) is 13.0 Å². The van der Waals surface area contributed by atoms with Crippen LogP contribution in [0.15, 0.2) is 12.3 Å². The Bertz CT molecular complexity index is 380. The van der Waals surface area contributed by atoms with Crippen LogP contribution < -0.4 is 5.32 Å². The molecule has 0 fully saturated rings. The summed E-state index contributed by atoms with van der Waals surface area (Å²) in [5.74, 6) is 0.891. The van der Waals surface area contributed by atoms with E-state index >= 15 is 0 Å². The highest BCUT2D eigenvalue weighted by atomic mass is 32.1. The fourth-order valence-corrected chi connectivity index (χ4v) is 1.67. The van der Waals surface area contributed by atoms with Crippen LogP contribution >= 0.6 is 11.5 Å². The number of hydrogen-bond acceptors (Lipinski definition) is 5. The summed E-state index contributed by atoms with van der Waals surface area (Å²) in [6.07, 6.45) is 2.61. The quantitative estimate of drug-likeness (QED) is 0.799. The van der Waals surface area contributed by atoms with Gasteiger partial charge in [-0.3, -0.25) is 5.10 Å². The molecule has 2 aromatic rings. The summed E-state index contributed by atoms with van der Waals surface area (Å²) in [5.41, 5.74) is 1.04. The van der Waals surface area contributed by atoms with Crippen molar-refractivity contribution >= 4 is 16.7 Å². The number of rotatable bonds is 4. The molecular weight excluding hydrogens is 198 g/mol. The van der Waals surface area contributed by atoms with E-state index < -0.39 is 0 Å². The molecule has 0 saturated carbocycles. The second-order valence-corrected chi connectivity index (χ2v) is 3.56. The number of hydrogen-bond donors (Lipinski definition) is 2. The van der Waals surface area contributed by atoms with Crippen LogP contribution in [0.5, 0.6) is 0 Å². The average Bonchev–Trinajstić information content (AvgIpc) is 2.86. The Morgan fingerprint density at radius 2 is 2.50 bits per heavy atom. The fourth-order valence-electron chi connectivity index (χ4n) is 1.02. The van der Waals surface area contributed by atoms with E-state index in [2.05, 4.69) is 24.9 Å². The van der Waals surface area contributed by atoms with Crippen LogP contribution in [0.2, 0.25) is 0 Å². The highest BCUT2D eigenvalue weighted by Gasteiger charge is 2.01. The van der Waals surface area contributed by atoms with Gasteiger partial charge in [0.15, 0.2) is 0 Å². The van der Waals surface area contributed by atoms with Gasteiger partial charge in [0, 0.05) is 24.2 Å². The topological polar surface area (TPSA) is 66.5 Å². The molecule has 2 rings (SSSR count). The number of aromatic amines is 1. The van der Waals surface area contributed by atoms with E-state index in [1.165, 1.54) is 11.5 Å².